The van der Waals surface area contributed by atoms with Crippen LogP contribution in [0.3, 0.4) is 0 Å². The van der Waals surface area contributed by atoms with Gasteiger partial charge in [-0.1, -0.05) is 20.8 Å². The number of alkyl halides is 3. The molecule has 6 heteroatoms. The number of ether oxygens (including phenoxy) is 1. The minimum absolute atomic E-state index is 0.127. The number of hydrogen-bond donors (Lipinski definition) is 1. The Kier molecular flexibility index (Phi) is 5.45. The largest absolute Gasteiger partial charge is 0.573 e. The predicted molar refractivity (Wildman–Crippen MR) is 85.8 cm³/mol. The molecule has 0 aliphatic heterocycles. The van der Waals surface area contributed by atoms with E-state index in [-0.39, 0.29) is 23.1 Å². The van der Waals surface area contributed by atoms with Crippen LogP contribution in [0.5, 0.6) is 5.75 Å². The molecule has 0 atom stereocenters. The average molecular weight is 343 g/mol. The highest BCUT2D eigenvalue weighted by molar-refractivity contribution is 5.94. The summed E-state index contributed by atoms with van der Waals surface area (Å²) in [5.74, 6) is 0.0713. The van der Waals surface area contributed by atoms with Gasteiger partial charge in [-0.15, -0.1) is 13.2 Å². The summed E-state index contributed by atoms with van der Waals surface area (Å²) in [4.78, 5) is 12.2. The molecule has 1 saturated carbocycles. The van der Waals surface area contributed by atoms with Crippen LogP contribution in [0.2, 0.25) is 0 Å². The zero-order valence-electron chi connectivity index (χ0n) is 14.2. The Labute approximate surface area is 140 Å². The molecular weight excluding hydrogens is 319 g/mol. The van der Waals surface area contributed by atoms with Gasteiger partial charge in [-0.05, 0) is 61.3 Å². The SMILES string of the molecule is CC(C)(C)C1CCC(NC(=O)c2ccc(OC(F)(F)F)cc2)CC1. The molecule has 2 rings (SSSR count). The molecule has 1 aliphatic carbocycles. The fourth-order valence-electron chi connectivity index (χ4n) is 3.18. The molecule has 0 aromatic heterocycles. The third kappa shape index (κ3) is 5.42. The number of amides is 1. The first kappa shape index (κ1) is 18.6. The standard InChI is InChI=1S/C18H24F3NO2/c1-17(2,3)13-6-8-14(9-7-13)22-16(23)12-4-10-15(11-5-12)24-18(19,20)21/h4-5,10-11,13-14H,6-9H2,1-3H3,(H,22,23). The van der Waals surface area contributed by atoms with E-state index in [2.05, 4.69) is 30.8 Å². The Hall–Kier alpha value is -1.72. The lowest BCUT2D eigenvalue weighted by Gasteiger charge is -2.37. The highest BCUT2D eigenvalue weighted by Gasteiger charge is 2.31. The van der Waals surface area contributed by atoms with Crippen molar-refractivity contribution >= 4 is 5.91 Å². The Morgan fingerprint density at radius 3 is 2.04 bits per heavy atom. The van der Waals surface area contributed by atoms with Crippen molar-refractivity contribution in [2.45, 2.75) is 58.9 Å². The van der Waals surface area contributed by atoms with Crippen LogP contribution in [-0.4, -0.2) is 18.3 Å². The average Bonchev–Trinajstić information content (AvgIpc) is 2.46. The molecule has 0 saturated heterocycles. The van der Waals surface area contributed by atoms with Crippen molar-refractivity contribution in [2.24, 2.45) is 11.3 Å². The summed E-state index contributed by atoms with van der Waals surface area (Å²) in [6.07, 6.45) is -0.707. The molecule has 0 radical (unpaired) electrons. The van der Waals surface area contributed by atoms with Gasteiger partial charge in [0.15, 0.2) is 0 Å². The minimum Gasteiger partial charge on any atom is -0.406 e. The van der Waals surface area contributed by atoms with Crippen LogP contribution in [-0.2, 0) is 0 Å². The molecule has 3 nitrogen and oxygen atoms in total. The normalized spacial score (nSPS) is 22.1. The Morgan fingerprint density at radius 2 is 1.58 bits per heavy atom. The van der Waals surface area contributed by atoms with Gasteiger partial charge in [0.25, 0.3) is 5.91 Å². The van der Waals surface area contributed by atoms with Crippen molar-refractivity contribution < 1.29 is 22.7 Å². The lowest BCUT2D eigenvalue weighted by molar-refractivity contribution is -0.274. The van der Waals surface area contributed by atoms with Crippen molar-refractivity contribution in [2.75, 3.05) is 0 Å². The Morgan fingerprint density at radius 1 is 1.04 bits per heavy atom. The van der Waals surface area contributed by atoms with Gasteiger partial charge in [0, 0.05) is 11.6 Å². The van der Waals surface area contributed by atoms with Gasteiger partial charge < -0.3 is 10.1 Å². The number of carbonyl (C=O) groups is 1. The Bertz CT molecular complexity index is 553. The van der Waals surface area contributed by atoms with Crippen molar-refractivity contribution in [1.82, 2.24) is 5.32 Å². The van der Waals surface area contributed by atoms with Crippen LogP contribution >= 0.6 is 0 Å². The zero-order valence-corrected chi connectivity index (χ0v) is 14.2. The molecular formula is C18H24F3NO2. The van der Waals surface area contributed by atoms with Crippen LogP contribution in [0.1, 0.15) is 56.8 Å². The number of rotatable bonds is 3. The van der Waals surface area contributed by atoms with Crippen molar-refractivity contribution in [1.29, 1.82) is 0 Å². The van der Waals surface area contributed by atoms with Crippen LogP contribution in [0.15, 0.2) is 24.3 Å². The van der Waals surface area contributed by atoms with Crippen molar-refractivity contribution in [3.8, 4) is 5.75 Å². The van der Waals surface area contributed by atoms with Crippen LogP contribution in [0.25, 0.3) is 0 Å². The van der Waals surface area contributed by atoms with Crippen molar-refractivity contribution in [3.63, 3.8) is 0 Å². The summed E-state index contributed by atoms with van der Waals surface area (Å²) in [7, 11) is 0. The smallest absolute Gasteiger partial charge is 0.406 e. The third-order valence-electron chi connectivity index (χ3n) is 4.64. The first-order valence-corrected chi connectivity index (χ1v) is 8.21. The maximum Gasteiger partial charge on any atom is 0.573 e. The van der Waals surface area contributed by atoms with Gasteiger partial charge in [-0.3, -0.25) is 4.79 Å². The summed E-state index contributed by atoms with van der Waals surface area (Å²) >= 11 is 0. The third-order valence-corrected chi connectivity index (χ3v) is 4.64. The second kappa shape index (κ2) is 7.03. The summed E-state index contributed by atoms with van der Waals surface area (Å²) in [5.41, 5.74) is 0.617. The first-order valence-electron chi connectivity index (χ1n) is 8.21. The van der Waals surface area contributed by atoms with Crippen LogP contribution in [0, 0.1) is 11.3 Å². The predicted octanol–water partition coefficient (Wildman–Crippen LogP) is 4.92. The molecule has 1 fully saturated rings. The van der Waals surface area contributed by atoms with Gasteiger partial charge in [-0.25, -0.2) is 0 Å². The molecule has 1 aromatic carbocycles. The van der Waals surface area contributed by atoms with E-state index < -0.39 is 6.36 Å². The molecule has 0 unspecified atom stereocenters. The van der Waals surface area contributed by atoms with Crippen molar-refractivity contribution in [3.05, 3.63) is 29.8 Å². The quantitative estimate of drug-likeness (QED) is 0.846. The lowest BCUT2D eigenvalue weighted by Crippen LogP contribution is -2.39. The van der Waals surface area contributed by atoms with Gasteiger partial charge in [0.05, 0.1) is 0 Å². The lowest BCUT2D eigenvalue weighted by atomic mass is 9.71. The molecule has 0 spiro atoms. The summed E-state index contributed by atoms with van der Waals surface area (Å²) in [6, 6.07) is 5.12. The van der Waals surface area contributed by atoms with E-state index in [1.54, 1.807) is 0 Å². The first-order chi connectivity index (χ1) is 11.0. The minimum atomic E-state index is -4.73. The number of hydrogen-bond acceptors (Lipinski definition) is 2. The zero-order chi connectivity index (χ0) is 18.0. The molecule has 0 bridgehead atoms. The maximum atomic E-state index is 12.2. The van der Waals surface area contributed by atoms with E-state index in [0.29, 0.717) is 11.5 Å². The monoisotopic (exact) mass is 343 g/mol. The molecule has 0 heterocycles. The molecule has 1 aliphatic rings. The number of nitrogens with one attached hydrogen (secondary N) is 1. The number of carbonyl (C=O) groups excluding carboxylic acids is 1. The van der Waals surface area contributed by atoms with Gasteiger partial charge in [0.2, 0.25) is 0 Å². The van der Waals surface area contributed by atoms with E-state index in [0.717, 1.165) is 37.8 Å². The molecule has 1 N–H and O–H groups in total. The van der Waals surface area contributed by atoms with Gasteiger partial charge in [-0.2, -0.15) is 0 Å². The van der Waals surface area contributed by atoms with E-state index in [9.17, 15) is 18.0 Å². The van der Waals surface area contributed by atoms with Gasteiger partial charge >= 0.3 is 6.36 Å². The topological polar surface area (TPSA) is 38.3 Å². The Balaban J connectivity index is 1.87. The fourth-order valence-corrected chi connectivity index (χ4v) is 3.18. The highest BCUT2D eigenvalue weighted by atomic mass is 19.4. The molecule has 134 valence electrons. The van der Waals surface area contributed by atoms with E-state index in [1.165, 1.54) is 12.1 Å². The molecule has 1 amide bonds. The summed E-state index contributed by atoms with van der Waals surface area (Å²) in [6.45, 7) is 6.71. The molecule has 24 heavy (non-hydrogen) atoms. The number of halogens is 3. The summed E-state index contributed by atoms with van der Waals surface area (Å²) < 4.78 is 40.2. The van der Waals surface area contributed by atoms with E-state index in [1.807, 2.05) is 0 Å². The van der Waals surface area contributed by atoms with Gasteiger partial charge in [0.1, 0.15) is 5.75 Å². The maximum absolute atomic E-state index is 12.2. The van der Waals surface area contributed by atoms with E-state index >= 15 is 0 Å². The molecule has 1 aromatic rings. The van der Waals surface area contributed by atoms with Crippen LogP contribution in [0.4, 0.5) is 13.2 Å². The highest BCUT2D eigenvalue weighted by Crippen LogP contribution is 2.37. The fraction of sp³-hybridized carbons (Fsp3) is 0.611. The number of benzene rings is 1. The second-order valence-corrected chi connectivity index (χ2v) is 7.46. The van der Waals surface area contributed by atoms with Crippen LogP contribution < -0.4 is 10.1 Å². The second-order valence-electron chi connectivity index (χ2n) is 7.46. The summed E-state index contributed by atoms with van der Waals surface area (Å²) in [5, 5.41) is 2.97. The van der Waals surface area contributed by atoms with E-state index in [4.69, 9.17) is 0 Å².